The van der Waals surface area contributed by atoms with E-state index < -0.39 is 5.97 Å². The molecule has 8 nitrogen and oxygen atoms in total. The molecule has 0 saturated heterocycles. The normalized spacial score (nSPS) is 10.3. The number of carbonyl (C=O) groups excluding carboxylic acids is 1. The van der Waals surface area contributed by atoms with Crippen LogP contribution in [0.1, 0.15) is 11.5 Å². The van der Waals surface area contributed by atoms with Crippen LogP contribution >= 0.6 is 0 Å². The highest BCUT2D eigenvalue weighted by molar-refractivity contribution is 5.76. The van der Waals surface area contributed by atoms with E-state index in [2.05, 4.69) is 15.6 Å². The van der Waals surface area contributed by atoms with Crippen molar-refractivity contribution in [1.82, 2.24) is 20.3 Å². The van der Waals surface area contributed by atoms with E-state index >= 15 is 0 Å². The molecule has 2 rings (SSSR count). The molecule has 0 saturated carbocycles. The molecule has 2 N–H and O–H groups in total. The Kier molecular flexibility index (Phi) is 3.91. The lowest BCUT2D eigenvalue weighted by atomic mass is 10.3. The average molecular weight is 264 g/mol. The van der Waals surface area contributed by atoms with Gasteiger partial charge in [0.1, 0.15) is 12.3 Å². The number of carbonyl (C=O) groups is 2. The zero-order valence-electron chi connectivity index (χ0n) is 9.94. The maximum Gasteiger partial charge on any atom is 0.309 e. The van der Waals surface area contributed by atoms with Gasteiger partial charge in [0.15, 0.2) is 0 Å². The van der Waals surface area contributed by atoms with Gasteiger partial charge in [0, 0.05) is 0 Å². The molecule has 0 aliphatic heterocycles. The van der Waals surface area contributed by atoms with E-state index in [0.29, 0.717) is 11.5 Å². The van der Waals surface area contributed by atoms with Crippen molar-refractivity contribution in [2.75, 3.05) is 0 Å². The number of aliphatic carboxylic acids is 1. The first-order chi connectivity index (χ1) is 9.15. The van der Waals surface area contributed by atoms with E-state index in [-0.39, 0.29) is 25.4 Å². The standard InChI is InChI=1S/C11H12N4O4/c16-10(12-6-9-2-1-3-19-9)7-15-8(4-11(17)18)5-13-14-15/h1-3,5H,4,6-7H2,(H,12,16)(H,17,18). The highest BCUT2D eigenvalue weighted by Crippen LogP contribution is 2.00. The van der Waals surface area contributed by atoms with Crippen molar-refractivity contribution in [1.29, 1.82) is 0 Å². The molecule has 1 amide bonds. The molecule has 0 fully saturated rings. The Bertz CT molecular complexity index is 561. The van der Waals surface area contributed by atoms with Crippen LogP contribution in [0.5, 0.6) is 0 Å². The second-order valence-electron chi connectivity index (χ2n) is 3.81. The molecule has 0 bridgehead atoms. The Balaban J connectivity index is 1.88. The third-order valence-corrected chi connectivity index (χ3v) is 2.36. The summed E-state index contributed by atoms with van der Waals surface area (Å²) in [7, 11) is 0. The molecule has 0 aliphatic rings. The Morgan fingerprint density at radius 2 is 2.32 bits per heavy atom. The first kappa shape index (κ1) is 12.8. The highest BCUT2D eigenvalue weighted by Gasteiger charge is 2.11. The summed E-state index contributed by atoms with van der Waals surface area (Å²) in [6.07, 6.45) is 2.62. The molecule has 0 radical (unpaired) electrons. The first-order valence-corrected chi connectivity index (χ1v) is 5.53. The Morgan fingerprint density at radius 1 is 1.47 bits per heavy atom. The molecule has 19 heavy (non-hydrogen) atoms. The van der Waals surface area contributed by atoms with Crippen LogP contribution in [0.25, 0.3) is 0 Å². The summed E-state index contributed by atoms with van der Waals surface area (Å²) in [4.78, 5) is 22.3. The van der Waals surface area contributed by atoms with Crippen molar-refractivity contribution < 1.29 is 19.1 Å². The predicted octanol–water partition coefficient (Wildman–Crippen LogP) is -0.185. The fourth-order valence-corrected chi connectivity index (χ4v) is 1.49. The third kappa shape index (κ3) is 3.66. The van der Waals surface area contributed by atoms with Gasteiger partial charge in [-0.2, -0.15) is 0 Å². The largest absolute Gasteiger partial charge is 0.481 e. The Morgan fingerprint density at radius 3 is 3.00 bits per heavy atom. The van der Waals surface area contributed by atoms with E-state index in [0.717, 1.165) is 0 Å². The minimum atomic E-state index is -1.00. The average Bonchev–Trinajstić information content (AvgIpc) is 2.98. The van der Waals surface area contributed by atoms with Gasteiger partial charge in [-0.1, -0.05) is 5.21 Å². The first-order valence-electron chi connectivity index (χ1n) is 5.53. The summed E-state index contributed by atoms with van der Waals surface area (Å²) in [5.74, 6) is -0.661. The Labute approximate surface area is 108 Å². The minimum absolute atomic E-state index is 0.0800. The van der Waals surface area contributed by atoms with Gasteiger partial charge >= 0.3 is 5.97 Å². The maximum absolute atomic E-state index is 11.7. The van der Waals surface area contributed by atoms with Crippen molar-refractivity contribution in [2.24, 2.45) is 0 Å². The molecular formula is C11H12N4O4. The lowest BCUT2D eigenvalue weighted by Crippen LogP contribution is -2.28. The van der Waals surface area contributed by atoms with Gasteiger partial charge in [0.05, 0.1) is 31.1 Å². The summed E-state index contributed by atoms with van der Waals surface area (Å²) in [5, 5.41) is 18.6. The van der Waals surface area contributed by atoms with E-state index in [1.54, 1.807) is 12.1 Å². The maximum atomic E-state index is 11.7. The van der Waals surface area contributed by atoms with Crippen molar-refractivity contribution in [3.05, 3.63) is 36.0 Å². The van der Waals surface area contributed by atoms with Crippen LogP contribution in [-0.2, 0) is 29.1 Å². The summed E-state index contributed by atoms with van der Waals surface area (Å²) < 4.78 is 6.32. The molecule has 0 aromatic carbocycles. The number of amides is 1. The topological polar surface area (TPSA) is 110 Å². The lowest BCUT2D eigenvalue weighted by molar-refractivity contribution is -0.136. The number of nitrogens with one attached hydrogen (secondary N) is 1. The number of rotatable bonds is 6. The van der Waals surface area contributed by atoms with Crippen molar-refractivity contribution in [3.63, 3.8) is 0 Å². The quantitative estimate of drug-likeness (QED) is 0.748. The Hall–Kier alpha value is -2.64. The molecule has 100 valence electrons. The smallest absolute Gasteiger partial charge is 0.309 e. The number of hydrogen-bond acceptors (Lipinski definition) is 5. The van der Waals surface area contributed by atoms with Gasteiger partial charge in [-0.15, -0.1) is 5.10 Å². The van der Waals surface area contributed by atoms with Gasteiger partial charge in [-0.25, -0.2) is 4.68 Å². The summed E-state index contributed by atoms with van der Waals surface area (Å²) >= 11 is 0. The van der Waals surface area contributed by atoms with E-state index in [1.807, 2.05) is 0 Å². The molecule has 0 aliphatic carbocycles. The van der Waals surface area contributed by atoms with Crippen molar-refractivity contribution >= 4 is 11.9 Å². The molecule has 8 heteroatoms. The molecule has 0 unspecified atom stereocenters. The summed E-state index contributed by atoms with van der Waals surface area (Å²) in [6, 6.07) is 3.47. The molecular weight excluding hydrogens is 252 g/mol. The number of hydrogen-bond donors (Lipinski definition) is 2. The van der Waals surface area contributed by atoms with Crippen LogP contribution in [0.3, 0.4) is 0 Å². The number of furan rings is 1. The monoisotopic (exact) mass is 264 g/mol. The number of carboxylic acid groups (broad SMARTS) is 1. The number of nitrogens with zero attached hydrogens (tertiary/aromatic N) is 3. The molecule has 2 heterocycles. The van der Waals surface area contributed by atoms with Gasteiger partial charge in [-0.3, -0.25) is 9.59 Å². The van der Waals surface area contributed by atoms with Crippen LogP contribution in [0.15, 0.2) is 29.0 Å². The van der Waals surface area contributed by atoms with Crippen LogP contribution in [0.4, 0.5) is 0 Å². The minimum Gasteiger partial charge on any atom is -0.481 e. The second kappa shape index (κ2) is 5.80. The highest BCUT2D eigenvalue weighted by atomic mass is 16.4. The lowest BCUT2D eigenvalue weighted by Gasteiger charge is -2.05. The summed E-state index contributed by atoms with van der Waals surface area (Å²) in [5.41, 5.74) is 0.376. The fraction of sp³-hybridized carbons (Fsp3) is 0.273. The van der Waals surface area contributed by atoms with Gasteiger partial charge < -0.3 is 14.8 Å². The van der Waals surface area contributed by atoms with Gasteiger partial charge in [0.25, 0.3) is 0 Å². The number of carboxylic acids is 1. The summed E-state index contributed by atoms with van der Waals surface area (Å²) in [6.45, 7) is 0.193. The van der Waals surface area contributed by atoms with Crippen LogP contribution < -0.4 is 5.32 Å². The predicted molar refractivity (Wildman–Crippen MR) is 61.9 cm³/mol. The van der Waals surface area contributed by atoms with Crippen molar-refractivity contribution in [3.8, 4) is 0 Å². The van der Waals surface area contributed by atoms with Crippen molar-refractivity contribution in [2.45, 2.75) is 19.5 Å². The van der Waals surface area contributed by atoms with E-state index in [4.69, 9.17) is 9.52 Å². The van der Waals surface area contributed by atoms with Crippen LogP contribution in [0.2, 0.25) is 0 Å². The van der Waals surface area contributed by atoms with E-state index in [1.165, 1.54) is 17.1 Å². The SMILES string of the molecule is O=C(O)Cc1cnnn1CC(=O)NCc1ccco1. The zero-order valence-corrected chi connectivity index (χ0v) is 9.94. The van der Waals surface area contributed by atoms with Gasteiger partial charge in [-0.05, 0) is 12.1 Å². The molecule has 0 atom stereocenters. The van der Waals surface area contributed by atoms with E-state index in [9.17, 15) is 9.59 Å². The zero-order chi connectivity index (χ0) is 13.7. The number of aromatic nitrogens is 3. The van der Waals surface area contributed by atoms with Gasteiger partial charge in [0.2, 0.25) is 5.91 Å². The fourth-order valence-electron chi connectivity index (χ4n) is 1.49. The third-order valence-electron chi connectivity index (χ3n) is 2.36. The molecule has 2 aromatic heterocycles. The molecule has 0 spiro atoms. The second-order valence-corrected chi connectivity index (χ2v) is 3.81. The van der Waals surface area contributed by atoms with Crippen LogP contribution in [-0.4, -0.2) is 32.0 Å². The van der Waals surface area contributed by atoms with Crippen LogP contribution in [0, 0.1) is 0 Å². The molecule has 2 aromatic rings.